The largest absolute Gasteiger partial charge is 0.345 e. The van der Waals surface area contributed by atoms with E-state index in [-0.39, 0.29) is 11.8 Å². The molecule has 0 fully saturated rings. The van der Waals surface area contributed by atoms with Gasteiger partial charge in [-0.05, 0) is 32.3 Å². The molecule has 1 N–H and O–H groups in total. The number of likely N-dealkylation sites (N-methyl/N-ethyl adjacent to an activating group) is 1. The van der Waals surface area contributed by atoms with Crippen LogP contribution in [0.15, 0.2) is 30.3 Å². The van der Waals surface area contributed by atoms with E-state index in [0.717, 1.165) is 17.0 Å². The molecule has 4 nitrogen and oxygen atoms in total. The number of hydrogen-bond acceptors (Lipinski definition) is 2. The quantitative estimate of drug-likeness (QED) is 0.920. The van der Waals surface area contributed by atoms with Gasteiger partial charge in [0.05, 0.1) is 11.6 Å². The van der Waals surface area contributed by atoms with Crippen molar-refractivity contribution in [2.45, 2.75) is 39.5 Å². The number of aryl methyl sites for hydroxylation is 2. The van der Waals surface area contributed by atoms with Crippen LogP contribution in [0.5, 0.6) is 0 Å². The van der Waals surface area contributed by atoms with Crippen LogP contribution in [-0.4, -0.2) is 34.6 Å². The first kappa shape index (κ1) is 16.3. The van der Waals surface area contributed by atoms with E-state index in [1.807, 2.05) is 50.9 Å². The predicted octanol–water partition coefficient (Wildman–Crippen LogP) is 3.39. The highest BCUT2D eigenvalue weighted by Crippen LogP contribution is 2.24. The minimum atomic E-state index is -0.174. The highest BCUT2D eigenvalue weighted by atomic mass is 16.2. The Morgan fingerprint density at radius 2 is 1.86 bits per heavy atom. The van der Waals surface area contributed by atoms with Crippen molar-refractivity contribution in [2.75, 3.05) is 13.6 Å². The van der Waals surface area contributed by atoms with Crippen LogP contribution in [0.4, 0.5) is 0 Å². The number of nitrogens with zero attached hydrogens (tertiary/aromatic N) is 2. The Labute approximate surface area is 132 Å². The standard InChI is InChI=1S/C18H25N3O/c1-12(16-9-7-6-8-10-16)11-21(5)18(22)13(2)17-14(3)19-20-15(17)4/h6-10,12-13H,11H2,1-5H3,(H,19,20)/t12-,13+/m1/s1. The minimum absolute atomic E-state index is 0.135. The Morgan fingerprint density at radius 1 is 1.23 bits per heavy atom. The summed E-state index contributed by atoms with van der Waals surface area (Å²) in [6.45, 7) is 8.72. The number of carbonyl (C=O) groups excluding carboxylic acids is 1. The highest BCUT2D eigenvalue weighted by Gasteiger charge is 2.25. The van der Waals surface area contributed by atoms with Crippen LogP contribution in [0.2, 0.25) is 0 Å². The molecule has 0 unspecified atom stereocenters. The number of amides is 1. The smallest absolute Gasteiger partial charge is 0.229 e. The van der Waals surface area contributed by atoms with Gasteiger partial charge < -0.3 is 4.90 Å². The lowest BCUT2D eigenvalue weighted by Crippen LogP contribution is -2.33. The van der Waals surface area contributed by atoms with Gasteiger partial charge in [0.2, 0.25) is 5.91 Å². The van der Waals surface area contributed by atoms with E-state index in [1.165, 1.54) is 5.56 Å². The number of hydrogen-bond donors (Lipinski definition) is 1. The third-order valence-electron chi connectivity index (χ3n) is 4.28. The van der Waals surface area contributed by atoms with Crippen molar-refractivity contribution >= 4 is 5.91 Å². The fraction of sp³-hybridized carbons (Fsp3) is 0.444. The molecule has 0 spiro atoms. The van der Waals surface area contributed by atoms with E-state index >= 15 is 0 Å². The molecule has 118 valence electrons. The molecule has 0 radical (unpaired) electrons. The monoisotopic (exact) mass is 299 g/mol. The first-order valence-electron chi connectivity index (χ1n) is 7.73. The third-order valence-corrected chi connectivity index (χ3v) is 4.28. The second kappa shape index (κ2) is 6.77. The van der Waals surface area contributed by atoms with Gasteiger partial charge in [-0.3, -0.25) is 9.89 Å². The van der Waals surface area contributed by atoms with Crippen LogP contribution >= 0.6 is 0 Å². The number of aromatic amines is 1. The average Bonchev–Trinajstić information content (AvgIpc) is 2.85. The topological polar surface area (TPSA) is 49.0 Å². The van der Waals surface area contributed by atoms with Crippen molar-refractivity contribution in [3.8, 4) is 0 Å². The zero-order chi connectivity index (χ0) is 16.3. The lowest BCUT2D eigenvalue weighted by molar-refractivity contribution is -0.131. The summed E-state index contributed by atoms with van der Waals surface area (Å²) < 4.78 is 0. The molecule has 0 bridgehead atoms. The third kappa shape index (κ3) is 3.38. The zero-order valence-electron chi connectivity index (χ0n) is 14.1. The molecule has 0 saturated heterocycles. The van der Waals surface area contributed by atoms with Gasteiger partial charge in [-0.25, -0.2) is 0 Å². The Hall–Kier alpha value is -2.10. The molecule has 2 aromatic rings. The summed E-state index contributed by atoms with van der Waals surface area (Å²) in [5.74, 6) is 0.274. The second-order valence-corrected chi connectivity index (χ2v) is 6.10. The van der Waals surface area contributed by atoms with Crippen molar-refractivity contribution < 1.29 is 4.79 Å². The van der Waals surface area contributed by atoms with Gasteiger partial charge >= 0.3 is 0 Å². The minimum Gasteiger partial charge on any atom is -0.345 e. The van der Waals surface area contributed by atoms with Gasteiger partial charge in [0.25, 0.3) is 0 Å². The normalized spacial score (nSPS) is 13.7. The molecule has 2 rings (SSSR count). The molecule has 1 aromatic heterocycles. The van der Waals surface area contributed by atoms with Gasteiger partial charge in [-0.1, -0.05) is 37.3 Å². The van der Waals surface area contributed by atoms with Gasteiger partial charge in [0.15, 0.2) is 0 Å². The molecule has 2 atom stereocenters. The van der Waals surface area contributed by atoms with E-state index in [2.05, 4.69) is 29.3 Å². The van der Waals surface area contributed by atoms with Crippen LogP contribution in [0.25, 0.3) is 0 Å². The van der Waals surface area contributed by atoms with E-state index < -0.39 is 0 Å². The second-order valence-electron chi connectivity index (χ2n) is 6.10. The Morgan fingerprint density at radius 3 is 2.41 bits per heavy atom. The summed E-state index contributed by atoms with van der Waals surface area (Å²) in [6, 6.07) is 10.3. The summed E-state index contributed by atoms with van der Waals surface area (Å²) in [6.07, 6.45) is 0. The number of carbonyl (C=O) groups is 1. The van der Waals surface area contributed by atoms with E-state index in [4.69, 9.17) is 0 Å². The van der Waals surface area contributed by atoms with Crippen molar-refractivity contribution in [2.24, 2.45) is 0 Å². The molecular weight excluding hydrogens is 274 g/mol. The zero-order valence-corrected chi connectivity index (χ0v) is 14.1. The molecule has 0 aliphatic heterocycles. The predicted molar refractivity (Wildman–Crippen MR) is 89.0 cm³/mol. The maximum atomic E-state index is 12.7. The van der Waals surface area contributed by atoms with E-state index in [0.29, 0.717) is 12.5 Å². The van der Waals surface area contributed by atoms with Gasteiger partial charge in [-0.15, -0.1) is 0 Å². The van der Waals surface area contributed by atoms with Gasteiger partial charge in [-0.2, -0.15) is 5.10 Å². The maximum Gasteiger partial charge on any atom is 0.229 e. The number of aromatic nitrogens is 2. The summed E-state index contributed by atoms with van der Waals surface area (Å²) >= 11 is 0. The van der Waals surface area contributed by atoms with E-state index in [1.54, 1.807) is 0 Å². The van der Waals surface area contributed by atoms with Crippen LogP contribution < -0.4 is 0 Å². The molecule has 1 amide bonds. The summed E-state index contributed by atoms with van der Waals surface area (Å²) in [5.41, 5.74) is 4.15. The SMILES string of the molecule is Cc1n[nH]c(C)c1[C@H](C)C(=O)N(C)C[C@@H](C)c1ccccc1. The van der Waals surface area contributed by atoms with Gasteiger partial charge in [0, 0.05) is 24.8 Å². The first-order valence-corrected chi connectivity index (χ1v) is 7.73. The Bertz CT molecular complexity index is 614. The van der Waals surface area contributed by atoms with Crippen LogP contribution in [0, 0.1) is 13.8 Å². The first-order chi connectivity index (χ1) is 10.4. The molecule has 0 saturated carbocycles. The van der Waals surface area contributed by atoms with Crippen LogP contribution in [0.3, 0.4) is 0 Å². The summed E-state index contributed by atoms with van der Waals surface area (Å²) in [5, 5.41) is 7.15. The number of H-pyrrole nitrogens is 1. The molecule has 1 aromatic carbocycles. The molecular formula is C18H25N3O. The van der Waals surface area contributed by atoms with Crippen LogP contribution in [0.1, 0.15) is 48.2 Å². The number of nitrogens with one attached hydrogen (secondary N) is 1. The summed E-state index contributed by atoms with van der Waals surface area (Å²) in [4.78, 5) is 14.5. The van der Waals surface area contributed by atoms with Gasteiger partial charge in [0.1, 0.15) is 0 Å². The molecule has 4 heteroatoms. The summed E-state index contributed by atoms with van der Waals surface area (Å²) in [7, 11) is 1.88. The van der Waals surface area contributed by atoms with Crippen molar-refractivity contribution in [3.05, 3.63) is 52.8 Å². The molecule has 0 aliphatic rings. The molecule has 0 aliphatic carbocycles. The number of rotatable bonds is 5. The maximum absolute atomic E-state index is 12.7. The number of benzene rings is 1. The van der Waals surface area contributed by atoms with E-state index in [9.17, 15) is 4.79 Å². The van der Waals surface area contributed by atoms with Crippen molar-refractivity contribution in [1.82, 2.24) is 15.1 Å². The van der Waals surface area contributed by atoms with Crippen molar-refractivity contribution in [1.29, 1.82) is 0 Å². The fourth-order valence-electron chi connectivity index (χ4n) is 3.04. The lowest BCUT2D eigenvalue weighted by Gasteiger charge is -2.25. The molecule has 1 heterocycles. The average molecular weight is 299 g/mol. The Kier molecular flexibility index (Phi) is 5.01. The van der Waals surface area contributed by atoms with Crippen LogP contribution in [-0.2, 0) is 4.79 Å². The fourth-order valence-corrected chi connectivity index (χ4v) is 3.04. The Balaban J connectivity index is 2.06. The van der Waals surface area contributed by atoms with Crippen molar-refractivity contribution in [3.63, 3.8) is 0 Å². The highest BCUT2D eigenvalue weighted by molar-refractivity contribution is 5.83. The lowest BCUT2D eigenvalue weighted by atomic mass is 9.96. The molecule has 22 heavy (non-hydrogen) atoms.